The number of halogens is 4. The lowest BCUT2D eigenvalue weighted by Gasteiger charge is -2.34. The molecule has 0 atom stereocenters. The number of likely N-dealkylation sites (N-methyl/N-ethyl adjacent to an activating group) is 1. The van der Waals surface area contributed by atoms with Crippen molar-refractivity contribution >= 4 is 44.3 Å². The van der Waals surface area contributed by atoms with Crippen molar-refractivity contribution in [1.82, 2.24) is 19.8 Å². The summed E-state index contributed by atoms with van der Waals surface area (Å²) in [6.07, 6.45) is -2.89. The van der Waals surface area contributed by atoms with Crippen LogP contribution in [-0.4, -0.2) is 64.3 Å². The number of fused-ring (bicyclic) bond motifs is 1. The Hall–Kier alpha value is -3.94. The number of hydrogen-bond donors (Lipinski definition) is 2. The van der Waals surface area contributed by atoms with Crippen LogP contribution in [0.2, 0.25) is 0 Å². The van der Waals surface area contributed by atoms with Crippen molar-refractivity contribution in [3.8, 4) is 11.3 Å². The third-order valence-electron chi connectivity index (χ3n) is 7.92. The van der Waals surface area contributed by atoms with E-state index in [1.54, 1.807) is 12.1 Å². The quantitative estimate of drug-likeness (QED) is 0.225. The van der Waals surface area contributed by atoms with E-state index >= 15 is 0 Å². The summed E-state index contributed by atoms with van der Waals surface area (Å²) in [4.78, 5) is 38.8. The predicted octanol–water partition coefficient (Wildman–Crippen LogP) is 6.25. The Morgan fingerprint density at radius 3 is 2.41 bits per heavy atom. The van der Waals surface area contributed by atoms with Crippen LogP contribution in [0.15, 0.2) is 48.5 Å². The molecule has 2 aromatic heterocycles. The van der Waals surface area contributed by atoms with Crippen molar-refractivity contribution < 1.29 is 27.2 Å². The smallest absolute Gasteiger partial charge is 0.322 e. The Morgan fingerprint density at radius 2 is 1.70 bits per heavy atom. The van der Waals surface area contributed by atoms with Crippen LogP contribution < -0.4 is 10.6 Å². The number of anilines is 2. The van der Waals surface area contributed by atoms with Crippen LogP contribution in [0.3, 0.4) is 0 Å². The molecule has 2 aliphatic rings. The Morgan fingerprint density at radius 1 is 0.955 bits per heavy atom. The fourth-order valence-electron chi connectivity index (χ4n) is 5.20. The minimum absolute atomic E-state index is 0.0124. The molecule has 0 radical (unpaired) electrons. The normalized spacial score (nSPS) is 16.3. The highest BCUT2D eigenvalue weighted by atomic mass is 32.1. The number of amides is 2. The molecule has 4 aromatic rings. The SMILES string of the molecule is CCN1CCN(Cc2ccc(NC(=O)c3ccc(F)c(-c4ccc5nc(NC(=O)C6CC6)sc5n4)c3)cc2C(F)(F)F)CC1. The Balaban J connectivity index is 1.19. The number of hydrogen-bond acceptors (Lipinski definition) is 7. The predicted molar refractivity (Wildman–Crippen MR) is 161 cm³/mol. The van der Waals surface area contributed by atoms with E-state index in [-0.39, 0.29) is 46.4 Å². The molecular formula is C31H30F4N6O2S. The molecule has 6 rings (SSSR count). The molecule has 1 saturated carbocycles. The van der Waals surface area contributed by atoms with Gasteiger partial charge in [-0.25, -0.2) is 14.4 Å². The first-order valence-electron chi connectivity index (χ1n) is 14.4. The van der Waals surface area contributed by atoms with Gasteiger partial charge in [-0.15, -0.1) is 0 Å². The summed E-state index contributed by atoms with van der Waals surface area (Å²) in [7, 11) is 0. The van der Waals surface area contributed by atoms with Crippen LogP contribution in [0, 0.1) is 11.7 Å². The summed E-state index contributed by atoms with van der Waals surface area (Å²) < 4.78 is 57.0. The maximum Gasteiger partial charge on any atom is 0.416 e. The van der Waals surface area contributed by atoms with E-state index in [0.717, 1.165) is 55.9 Å². The molecule has 0 bridgehead atoms. The molecule has 2 aromatic carbocycles. The molecule has 230 valence electrons. The zero-order valence-corrected chi connectivity index (χ0v) is 24.7. The van der Waals surface area contributed by atoms with E-state index in [1.807, 2.05) is 4.90 Å². The molecular weight excluding hydrogens is 596 g/mol. The fraction of sp³-hybridized carbons (Fsp3) is 0.355. The molecule has 1 aliphatic heterocycles. The van der Waals surface area contributed by atoms with Crippen molar-refractivity contribution in [1.29, 1.82) is 0 Å². The minimum atomic E-state index is -4.61. The number of alkyl halides is 3. The third-order valence-corrected chi connectivity index (χ3v) is 8.80. The number of thiazole rings is 1. The highest BCUT2D eigenvalue weighted by Gasteiger charge is 2.34. The summed E-state index contributed by atoms with van der Waals surface area (Å²) in [6.45, 7) is 6.10. The van der Waals surface area contributed by atoms with Gasteiger partial charge >= 0.3 is 6.18 Å². The zero-order valence-electron chi connectivity index (χ0n) is 23.9. The molecule has 44 heavy (non-hydrogen) atoms. The summed E-state index contributed by atoms with van der Waals surface area (Å²) >= 11 is 1.16. The third kappa shape index (κ3) is 6.74. The van der Waals surface area contributed by atoms with E-state index in [9.17, 15) is 27.2 Å². The fourth-order valence-corrected chi connectivity index (χ4v) is 6.04. The number of nitrogens with one attached hydrogen (secondary N) is 2. The first-order chi connectivity index (χ1) is 21.1. The van der Waals surface area contributed by atoms with Crippen LogP contribution in [0.5, 0.6) is 0 Å². The van der Waals surface area contributed by atoms with Gasteiger partial charge in [0.25, 0.3) is 5.91 Å². The lowest BCUT2D eigenvalue weighted by atomic mass is 10.0. The summed E-state index contributed by atoms with van der Waals surface area (Å²) in [5.41, 5.74) is 0.204. The maximum atomic E-state index is 14.9. The van der Waals surface area contributed by atoms with Gasteiger partial charge in [0.05, 0.1) is 11.3 Å². The van der Waals surface area contributed by atoms with Gasteiger partial charge in [-0.05, 0) is 67.4 Å². The molecule has 0 unspecified atom stereocenters. The topological polar surface area (TPSA) is 90.5 Å². The van der Waals surface area contributed by atoms with Crippen molar-refractivity contribution in [2.24, 2.45) is 5.92 Å². The van der Waals surface area contributed by atoms with E-state index in [1.165, 1.54) is 24.3 Å². The largest absolute Gasteiger partial charge is 0.416 e. The van der Waals surface area contributed by atoms with Gasteiger partial charge in [0, 0.05) is 55.5 Å². The van der Waals surface area contributed by atoms with Gasteiger partial charge in [-0.1, -0.05) is 24.3 Å². The van der Waals surface area contributed by atoms with Gasteiger partial charge in [0.2, 0.25) is 5.91 Å². The molecule has 2 amide bonds. The van der Waals surface area contributed by atoms with Crippen LogP contribution in [0.4, 0.5) is 28.4 Å². The van der Waals surface area contributed by atoms with Crippen molar-refractivity contribution in [2.45, 2.75) is 32.5 Å². The first kappa shape index (κ1) is 30.1. The van der Waals surface area contributed by atoms with E-state index in [4.69, 9.17) is 0 Å². The average Bonchev–Trinajstić information content (AvgIpc) is 3.78. The highest BCUT2D eigenvalue weighted by Crippen LogP contribution is 2.36. The highest BCUT2D eigenvalue weighted by molar-refractivity contribution is 7.22. The maximum absolute atomic E-state index is 14.9. The molecule has 1 saturated heterocycles. The number of rotatable bonds is 8. The van der Waals surface area contributed by atoms with E-state index < -0.39 is 23.5 Å². The van der Waals surface area contributed by atoms with Gasteiger partial charge in [0.1, 0.15) is 16.2 Å². The zero-order chi connectivity index (χ0) is 31.0. The number of aromatic nitrogens is 2. The Bertz CT molecular complexity index is 1710. The number of pyridine rings is 1. The van der Waals surface area contributed by atoms with Crippen LogP contribution in [0.25, 0.3) is 21.6 Å². The van der Waals surface area contributed by atoms with Gasteiger partial charge in [-0.3, -0.25) is 14.5 Å². The number of nitrogens with zero attached hydrogens (tertiary/aromatic N) is 4. The van der Waals surface area contributed by atoms with Crippen molar-refractivity contribution in [2.75, 3.05) is 43.4 Å². The summed E-state index contributed by atoms with van der Waals surface area (Å²) in [5, 5.41) is 5.71. The molecule has 1 aliphatic carbocycles. The second-order valence-corrected chi connectivity index (χ2v) is 12.0. The number of carbonyl (C=O) groups is 2. The Labute approximate surface area is 255 Å². The van der Waals surface area contributed by atoms with Crippen LogP contribution in [0.1, 0.15) is 41.3 Å². The number of carbonyl (C=O) groups excluding carboxylic acids is 2. The number of piperazine rings is 1. The Kier molecular flexibility index (Phi) is 8.36. The standard InChI is InChI=1S/C31H30F4N6O2S/c1-2-40-11-13-41(14-12-40)17-20-5-7-21(16-23(20)31(33,34)35)36-28(43)19-6-8-24(32)22(15-19)25-9-10-26-29(37-25)44-30(38-26)39-27(42)18-3-4-18/h5-10,15-16,18H,2-4,11-14,17H2,1H3,(H,36,43)(H,38,39,42). The molecule has 0 spiro atoms. The monoisotopic (exact) mass is 626 g/mol. The summed E-state index contributed by atoms with van der Waals surface area (Å²) in [6, 6.07) is 10.7. The second-order valence-electron chi connectivity index (χ2n) is 11.0. The van der Waals surface area contributed by atoms with Crippen LogP contribution >= 0.6 is 11.3 Å². The molecule has 8 nitrogen and oxygen atoms in total. The van der Waals surface area contributed by atoms with Gasteiger partial charge < -0.3 is 15.5 Å². The minimum Gasteiger partial charge on any atom is -0.322 e. The van der Waals surface area contributed by atoms with E-state index in [0.29, 0.717) is 28.6 Å². The summed E-state index contributed by atoms with van der Waals surface area (Å²) in [5.74, 6) is -1.38. The molecule has 2 N–H and O–H groups in total. The first-order valence-corrected chi connectivity index (χ1v) is 15.2. The second kappa shape index (κ2) is 12.2. The average molecular weight is 627 g/mol. The van der Waals surface area contributed by atoms with Gasteiger partial charge in [-0.2, -0.15) is 13.2 Å². The molecule has 2 fully saturated rings. The van der Waals surface area contributed by atoms with Gasteiger partial charge in [0.15, 0.2) is 5.13 Å². The lowest BCUT2D eigenvalue weighted by molar-refractivity contribution is -0.138. The molecule has 13 heteroatoms. The number of benzene rings is 2. The van der Waals surface area contributed by atoms with E-state index in [2.05, 4.69) is 32.4 Å². The molecule has 3 heterocycles. The van der Waals surface area contributed by atoms with Crippen LogP contribution in [-0.2, 0) is 17.5 Å². The van der Waals surface area contributed by atoms with Crippen molar-refractivity contribution in [3.63, 3.8) is 0 Å². The van der Waals surface area contributed by atoms with Crippen molar-refractivity contribution in [3.05, 3.63) is 71.0 Å². The lowest BCUT2D eigenvalue weighted by Crippen LogP contribution is -2.45.